The number of fused-ring (bicyclic) bond motifs is 1. The smallest absolute Gasteiger partial charge is 0.195 e. The average molecular weight is 380 g/mol. The fourth-order valence-electron chi connectivity index (χ4n) is 4.03. The van der Waals surface area contributed by atoms with Gasteiger partial charge in [-0.3, -0.25) is 0 Å². The Morgan fingerprint density at radius 2 is 2.14 bits per heavy atom. The third-order valence-corrected chi connectivity index (χ3v) is 5.80. The van der Waals surface area contributed by atoms with E-state index in [-0.39, 0.29) is 0 Å². The number of amidine groups is 1. The van der Waals surface area contributed by atoms with Crippen LogP contribution < -0.4 is 0 Å². The third kappa shape index (κ3) is 3.96. The monoisotopic (exact) mass is 379 g/mol. The lowest BCUT2D eigenvalue weighted by atomic mass is 10.0. The van der Waals surface area contributed by atoms with Crippen molar-refractivity contribution in [3.05, 3.63) is 54.4 Å². The van der Waals surface area contributed by atoms with E-state index < -0.39 is 0 Å². The molecule has 0 spiro atoms. The predicted octanol–water partition coefficient (Wildman–Crippen LogP) is 4.46. The van der Waals surface area contributed by atoms with Gasteiger partial charge in [0.05, 0.1) is 18.3 Å². The molecule has 0 bridgehead atoms. The summed E-state index contributed by atoms with van der Waals surface area (Å²) in [4.78, 5) is 16.1. The zero-order valence-corrected chi connectivity index (χ0v) is 16.9. The van der Waals surface area contributed by atoms with E-state index in [0.717, 1.165) is 48.3 Å². The summed E-state index contributed by atoms with van der Waals surface area (Å²) < 4.78 is 8.28. The maximum atomic E-state index is 6.09. The van der Waals surface area contributed by atoms with Crippen molar-refractivity contribution in [2.45, 2.75) is 59.0 Å². The van der Waals surface area contributed by atoms with Crippen LogP contribution in [0.5, 0.6) is 0 Å². The summed E-state index contributed by atoms with van der Waals surface area (Å²) in [6.45, 7) is 10.8. The Bertz CT molecular complexity index is 898. The van der Waals surface area contributed by atoms with Crippen molar-refractivity contribution in [1.29, 1.82) is 0 Å². The number of aliphatic imine (C=N–C) groups is 1. The van der Waals surface area contributed by atoms with Gasteiger partial charge in [0.1, 0.15) is 11.7 Å². The summed E-state index contributed by atoms with van der Waals surface area (Å²) in [6, 6.07) is 0. The molecular formula is C22H29N5O. The van der Waals surface area contributed by atoms with Gasteiger partial charge in [-0.15, -0.1) is 0 Å². The van der Waals surface area contributed by atoms with Crippen LogP contribution in [0.1, 0.15) is 57.0 Å². The molecule has 0 saturated heterocycles. The predicted molar refractivity (Wildman–Crippen MR) is 111 cm³/mol. The molecule has 2 aromatic heterocycles. The number of rotatable bonds is 5. The molecule has 0 N–H and O–H groups in total. The molecule has 4 rings (SSSR count). The first-order chi connectivity index (χ1) is 13.6. The van der Waals surface area contributed by atoms with E-state index in [1.807, 2.05) is 32.3 Å². The van der Waals surface area contributed by atoms with Gasteiger partial charge in [0.2, 0.25) is 0 Å². The molecule has 6 nitrogen and oxygen atoms in total. The van der Waals surface area contributed by atoms with Gasteiger partial charge in [-0.25, -0.2) is 15.0 Å². The highest BCUT2D eigenvalue weighted by molar-refractivity contribution is 6.21. The highest BCUT2D eigenvalue weighted by Gasteiger charge is 2.25. The molecule has 0 atom stereocenters. The van der Waals surface area contributed by atoms with Crippen LogP contribution in [0.15, 0.2) is 46.4 Å². The van der Waals surface area contributed by atoms with Crippen LogP contribution in [-0.2, 0) is 19.5 Å². The van der Waals surface area contributed by atoms with Gasteiger partial charge in [-0.05, 0) is 32.6 Å². The number of aromatic nitrogens is 3. The molecule has 0 aromatic carbocycles. The standard InChI is InChI=1S/C22H29N5O/c1-4-16(2)25-22(27-12-11-26-10-9-23-20(26)15-27)17(3)19-14-24-21(28-19)13-18-7-5-6-8-18/h4,9-10,14,18H,3,5-8,11-13,15H2,1-2H3/b16-4-,25-22+. The van der Waals surface area contributed by atoms with E-state index in [1.165, 1.54) is 25.7 Å². The fraction of sp³-hybridized carbons (Fsp3) is 0.500. The van der Waals surface area contributed by atoms with E-state index in [0.29, 0.717) is 18.2 Å². The minimum absolute atomic E-state index is 0.708. The molecule has 0 unspecified atom stereocenters. The Morgan fingerprint density at radius 1 is 1.32 bits per heavy atom. The van der Waals surface area contributed by atoms with Gasteiger partial charge in [0, 0.05) is 37.6 Å². The van der Waals surface area contributed by atoms with Crippen molar-refractivity contribution in [3.63, 3.8) is 0 Å². The second kappa shape index (κ2) is 8.17. The molecule has 0 amide bonds. The topological polar surface area (TPSA) is 59.5 Å². The number of nitrogens with zero attached hydrogens (tertiary/aromatic N) is 5. The first kappa shape index (κ1) is 18.7. The van der Waals surface area contributed by atoms with Crippen LogP contribution in [0, 0.1) is 5.92 Å². The normalized spacial score (nSPS) is 18.6. The molecule has 1 aliphatic carbocycles. The van der Waals surface area contributed by atoms with Crippen molar-refractivity contribution < 1.29 is 4.42 Å². The van der Waals surface area contributed by atoms with Crippen LogP contribution in [0.2, 0.25) is 0 Å². The summed E-state index contributed by atoms with van der Waals surface area (Å²) in [7, 11) is 0. The molecule has 0 radical (unpaired) electrons. The maximum Gasteiger partial charge on any atom is 0.195 e. The van der Waals surface area contributed by atoms with E-state index in [4.69, 9.17) is 9.41 Å². The van der Waals surface area contributed by atoms with Crippen molar-refractivity contribution >= 4 is 11.4 Å². The molecular weight excluding hydrogens is 350 g/mol. The van der Waals surface area contributed by atoms with E-state index in [1.54, 1.807) is 6.20 Å². The summed E-state index contributed by atoms with van der Waals surface area (Å²) in [6.07, 6.45) is 13.8. The fourth-order valence-corrected chi connectivity index (χ4v) is 4.03. The van der Waals surface area contributed by atoms with Crippen molar-refractivity contribution in [2.75, 3.05) is 6.54 Å². The van der Waals surface area contributed by atoms with E-state index in [9.17, 15) is 0 Å². The lowest BCUT2D eigenvalue weighted by Gasteiger charge is -2.31. The number of hydrogen-bond donors (Lipinski definition) is 0. The molecule has 1 fully saturated rings. The maximum absolute atomic E-state index is 6.09. The van der Waals surface area contributed by atoms with Gasteiger partial charge in [-0.2, -0.15) is 0 Å². The number of oxazole rings is 1. The van der Waals surface area contributed by atoms with Crippen LogP contribution in [0.4, 0.5) is 0 Å². The first-order valence-corrected chi connectivity index (χ1v) is 10.2. The average Bonchev–Trinajstić information content (AvgIpc) is 3.46. The highest BCUT2D eigenvalue weighted by Crippen LogP contribution is 2.29. The Labute approximate surface area is 166 Å². The molecule has 148 valence electrons. The van der Waals surface area contributed by atoms with Gasteiger partial charge in [0.25, 0.3) is 0 Å². The van der Waals surface area contributed by atoms with Crippen molar-refractivity contribution in [1.82, 2.24) is 19.4 Å². The third-order valence-electron chi connectivity index (χ3n) is 5.80. The van der Waals surface area contributed by atoms with Gasteiger partial charge in [0.15, 0.2) is 11.7 Å². The zero-order valence-electron chi connectivity index (χ0n) is 16.9. The Balaban J connectivity index is 1.56. The number of hydrogen-bond acceptors (Lipinski definition) is 4. The zero-order chi connectivity index (χ0) is 19.5. The molecule has 28 heavy (non-hydrogen) atoms. The van der Waals surface area contributed by atoms with Crippen molar-refractivity contribution in [2.24, 2.45) is 10.9 Å². The molecule has 2 aromatic rings. The summed E-state index contributed by atoms with van der Waals surface area (Å²) >= 11 is 0. The first-order valence-electron chi connectivity index (χ1n) is 10.2. The summed E-state index contributed by atoms with van der Waals surface area (Å²) in [5, 5.41) is 0. The lowest BCUT2D eigenvalue weighted by molar-refractivity contribution is 0.331. The Kier molecular flexibility index (Phi) is 5.46. The SMILES string of the molecule is C=C(/C(=N\C(C)=C/C)N1CCn2ccnc2C1)c1cnc(CC2CCCC2)o1. The second-order valence-corrected chi connectivity index (χ2v) is 7.78. The molecule has 6 heteroatoms. The largest absolute Gasteiger partial charge is 0.441 e. The van der Waals surface area contributed by atoms with Gasteiger partial charge in [-0.1, -0.05) is 25.5 Å². The number of imidazole rings is 1. The van der Waals surface area contributed by atoms with Crippen LogP contribution in [0.3, 0.4) is 0 Å². The van der Waals surface area contributed by atoms with E-state index >= 15 is 0 Å². The molecule has 3 heterocycles. The van der Waals surface area contributed by atoms with Gasteiger partial charge >= 0.3 is 0 Å². The quantitative estimate of drug-likeness (QED) is 0.569. The molecule has 1 aliphatic heterocycles. The Morgan fingerprint density at radius 3 is 2.93 bits per heavy atom. The minimum Gasteiger partial charge on any atom is -0.441 e. The summed E-state index contributed by atoms with van der Waals surface area (Å²) in [5.74, 6) is 4.13. The second-order valence-electron chi connectivity index (χ2n) is 7.78. The van der Waals surface area contributed by atoms with Crippen LogP contribution >= 0.6 is 0 Å². The summed E-state index contributed by atoms with van der Waals surface area (Å²) in [5.41, 5.74) is 1.74. The molecule has 1 saturated carbocycles. The van der Waals surface area contributed by atoms with Crippen molar-refractivity contribution in [3.8, 4) is 0 Å². The van der Waals surface area contributed by atoms with Gasteiger partial charge < -0.3 is 13.9 Å². The van der Waals surface area contributed by atoms with E-state index in [2.05, 4.69) is 26.0 Å². The Hall–Kier alpha value is -2.63. The molecule has 2 aliphatic rings. The van der Waals surface area contributed by atoms with Crippen LogP contribution in [-0.4, -0.2) is 31.8 Å². The minimum atomic E-state index is 0.708. The lowest BCUT2D eigenvalue weighted by Crippen LogP contribution is -2.38. The van der Waals surface area contributed by atoms with Crippen LogP contribution in [0.25, 0.3) is 5.57 Å². The number of allylic oxidation sites excluding steroid dienone is 2. The highest BCUT2D eigenvalue weighted by atomic mass is 16.4.